The summed E-state index contributed by atoms with van der Waals surface area (Å²) in [5.41, 5.74) is 0. The summed E-state index contributed by atoms with van der Waals surface area (Å²) >= 11 is 0. The van der Waals surface area contributed by atoms with E-state index in [1.165, 1.54) is 16.4 Å². The quantitative estimate of drug-likeness (QED) is 0.570. The highest BCUT2D eigenvalue weighted by Gasteiger charge is 2.24. The topological polar surface area (TPSA) is 61.2 Å². The van der Waals surface area contributed by atoms with Gasteiger partial charge in [-0.1, -0.05) is 51.5 Å². The summed E-state index contributed by atoms with van der Waals surface area (Å²) in [6.45, 7) is 6.58. The maximum absolute atomic E-state index is 13.3. The molecule has 0 radical (unpaired) electrons. The Kier molecular flexibility index (Phi) is 5.32. The van der Waals surface area contributed by atoms with Gasteiger partial charge in [0.25, 0.3) is 10.0 Å². The van der Waals surface area contributed by atoms with Gasteiger partial charge in [-0.3, -0.25) is 0 Å². The Labute approximate surface area is 154 Å². The molecule has 0 saturated carbocycles. The third kappa shape index (κ3) is 3.33. The Morgan fingerprint density at radius 2 is 1.85 bits per heavy atom. The molecular weight excluding hydrogens is 348 g/mol. The van der Waals surface area contributed by atoms with Crippen molar-refractivity contribution in [3.63, 3.8) is 0 Å². The predicted octanol–water partition coefficient (Wildman–Crippen LogP) is 4.58. The van der Waals surface area contributed by atoms with E-state index in [9.17, 15) is 8.42 Å². The van der Waals surface area contributed by atoms with Crippen LogP contribution in [-0.4, -0.2) is 24.0 Å². The van der Waals surface area contributed by atoms with Crippen LogP contribution in [0.25, 0.3) is 10.8 Å². The van der Waals surface area contributed by atoms with E-state index in [2.05, 4.69) is 11.9 Å². The summed E-state index contributed by atoms with van der Waals surface area (Å²) in [6.07, 6.45) is 5.03. The zero-order valence-corrected chi connectivity index (χ0v) is 16.2. The second-order valence-corrected chi connectivity index (χ2v) is 8.33. The molecule has 0 spiro atoms. The fourth-order valence-electron chi connectivity index (χ4n) is 2.94. The summed E-state index contributed by atoms with van der Waals surface area (Å²) in [7, 11) is -3.74. The van der Waals surface area contributed by atoms with Gasteiger partial charge in [0.2, 0.25) is 0 Å². The van der Waals surface area contributed by atoms with Crippen molar-refractivity contribution in [2.75, 3.05) is 6.61 Å². The second kappa shape index (κ2) is 7.50. The summed E-state index contributed by atoms with van der Waals surface area (Å²) in [5.74, 6) is 1.24. The molecule has 6 heteroatoms. The highest BCUT2D eigenvalue weighted by Crippen LogP contribution is 2.33. The Morgan fingerprint density at radius 3 is 2.54 bits per heavy atom. The van der Waals surface area contributed by atoms with Crippen LogP contribution < -0.4 is 4.74 Å². The van der Waals surface area contributed by atoms with Crippen molar-refractivity contribution in [1.82, 2.24) is 8.96 Å². The van der Waals surface area contributed by atoms with Gasteiger partial charge in [0.05, 0.1) is 11.5 Å². The van der Waals surface area contributed by atoms with E-state index < -0.39 is 10.0 Å². The van der Waals surface area contributed by atoms with E-state index in [4.69, 9.17) is 4.74 Å². The number of ether oxygens (including phenoxy) is 1. The molecule has 3 rings (SSSR count). The predicted molar refractivity (Wildman–Crippen MR) is 103 cm³/mol. The largest absolute Gasteiger partial charge is 0.493 e. The molecule has 0 saturated heterocycles. The number of aromatic nitrogens is 2. The number of imidazole rings is 1. The van der Waals surface area contributed by atoms with Gasteiger partial charge in [0.15, 0.2) is 0 Å². The molecule has 3 aromatic rings. The third-order valence-electron chi connectivity index (χ3n) is 4.29. The monoisotopic (exact) mass is 372 g/mol. The summed E-state index contributed by atoms with van der Waals surface area (Å²) in [6, 6.07) is 10.8. The minimum atomic E-state index is -3.74. The van der Waals surface area contributed by atoms with Crippen LogP contribution in [0.15, 0.2) is 53.7 Å². The molecule has 0 amide bonds. The lowest BCUT2D eigenvalue weighted by Gasteiger charge is -2.15. The molecule has 0 atom stereocenters. The Morgan fingerprint density at radius 1 is 1.12 bits per heavy atom. The highest BCUT2D eigenvalue weighted by atomic mass is 32.2. The van der Waals surface area contributed by atoms with Gasteiger partial charge in [-0.2, -0.15) is 0 Å². The van der Waals surface area contributed by atoms with Crippen LogP contribution in [0.1, 0.15) is 45.4 Å². The normalized spacial score (nSPS) is 12.0. The second-order valence-electron chi connectivity index (χ2n) is 6.55. The third-order valence-corrected chi connectivity index (χ3v) is 6.03. The Balaban J connectivity index is 2.14. The maximum atomic E-state index is 13.3. The lowest BCUT2D eigenvalue weighted by atomic mass is 10.1. The number of fused-ring (bicyclic) bond motifs is 1. The number of hydrogen-bond donors (Lipinski definition) is 0. The number of unbranched alkanes of at least 4 members (excludes halogenated alkanes) is 1. The van der Waals surface area contributed by atoms with Crippen molar-refractivity contribution in [1.29, 1.82) is 0 Å². The van der Waals surface area contributed by atoms with Crippen LogP contribution in [0.5, 0.6) is 5.75 Å². The molecule has 26 heavy (non-hydrogen) atoms. The molecule has 0 unspecified atom stereocenters. The van der Waals surface area contributed by atoms with Gasteiger partial charge in [-0.25, -0.2) is 17.4 Å². The van der Waals surface area contributed by atoms with Crippen LogP contribution in [0, 0.1) is 0 Å². The Hall–Kier alpha value is -2.34. The molecular formula is C20H24N2O3S. The van der Waals surface area contributed by atoms with E-state index >= 15 is 0 Å². The minimum Gasteiger partial charge on any atom is -0.493 e. The van der Waals surface area contributed by atoms with Crippen molar-refractivity contribution in [2.45, 2.75) is 44.4 Å². The average Bonchev–Trinajstić information content (AvgIpc) is 3.13. The lowest BCUT2D eigenvalue weighted by Crippen LogP contribution is -2.16. The maximum Gasteiger partial charge on any atom is 0.269 e. The fraction of sp³-hybridized carbons (Fsp3) is 0.350. The number of benzene rings is 2. The van der Waals surface area contributed by atoms with E-state index in [1.54, 1.807) is 12.1 Å². The standard InChI is InChI=1S/C20H24N2O3S/c1-4-5-14-25-18-10-11-19(17-9-7-6-8-16(17)18)26(23,24)22-13-12-21-20(22)15(2)3/h6-13,15H,4-5,14H2,1-3H3. The smallest absolute Gasteiger partial charge is 0.269 e. The van der Waals surface area contributed by atoms with Gasteiger partial charge >= 0.3 is 0 Å². The van der Waals surface area contributed by atoms with Crippen LogP contribution in [-0.2, 0) is 10.0 Å². The summed E-state index contributed by atoms with van der Waals surface area (Å²) < 4.78 is 33.7. The summed E-state index contributed by atoms with van der Waals surface area (Å²) in [5, 5.41) is 1.46. The SMILES string of the molecule is CCCCOc1ccc(S(=O)(=O)n2ccnc2C(C)C)c2ccccc12. The number of hydrogen-bond acceptors (Lipinski definition) is 4. The molecule has 0 fully saturated rings. The first-order valence-electron chi connectivity index (χ1n) is 8.90. The molecule has 0 bridgehead atoms. The van der Waals surface area contributed by atoms with E-state index in [0.717, 1.165) is 18.2 Å². The van der Waals surface area contributed by atoms with Gasteiger partial charge in [0, 0.05) is 29.1 Å². The van der Waals surface area contributed by atoms with Gasteiger partial charge in [0.1, 0.15) is 11.6 Å². The van der Waals surface area contributed by atoms with Crippen LogP contribution >= 0.6 is 0 Å². The van der Waals surface area contributed by atoms with E-state index in [1.807, 2.05) is 38.1 Å². The van der Waals surface area contributed by atoms with E-state index in [-0.39, 0.29) is 10.8 Å². The van der Waals surface area contributed by atoms with E-state index in [0.29, 0.717) is 23.6 Å². The van der Waals surface area contributed by atoms with Crippen molar-refractivity contribution < 1.29 is 13.2 Å². The molecule has 138 valence electrons. The molecule has 5 nitrogen and oxygen atoms in total. The minimum absolute atomic E-state index is 0.00249. The van der Waals surface area contributed by atoms with Crippen LogP contribution in [0.4, 0.5) is 0 Å². The number of nitrogens with zero attached hydrogens (tertiary/aromatic N) is 2. The van der Waals surface area contributed by atoms with Crippen molar-refractivity contribution in [2.24, 2.45) is 0 Å². The molecule has 0 aliphatic rings. The van der Waals surface area contributed by atoms with Gasteiger partial charge < -0.3 is 4.74 Å². The molecule has 1 aromatic heterocycles. The first-order chi connectivity index (χ1) is 12.5. The summed E-state index contributed by atoms with van der Waals surface area (Å²) in [4.78, 5) is 4.47. The zero-order chi connectivity index (χ0) is 18.7. The first-order valence-corrected chi connectivity index (χ1v) is 10.3. The van der Waals surface area contributed by atoms with Crippen molar-refractivity contribution in [3.8, 4) is 5.75 Å². The average molecular weight is 372 g/mol. The Bertz CT molecular complexity index is 1010. The van der Waals surface area contributed by atoms with Gasteiger partial charge in [-0.05, 0) is 18.6 Å². The first kappa shape index (κ1) is 18.5. The zero-order valence-electron chi connectivity index (χ0n) is 15.3. The van der Waals surface area contributed by atoms with Crippen LogP contribution in [0.2, 0.25) is 0 Å². The molecule has 1 heterocycles. The number of rotatable bonds is 7. The molecule has 0 N–H and O–H groups in total. The molecule has 0 aliphatic heterocycles. The van der Waals surface area contributed by atoms with Crippen molar-refractivity contribution in [3.05, 3.63) is 54.6 Å². The van der Waals surface area contributed by atoms with Crippen molar-refractivity contribution >= 4 is 20.8 Å². The fourth-order valence-corrected chi connectivity index (χ4v) is 4.56. The van der Waals surface area contributed by atoms with Crippen LogP contribution in [0.3, 0.4) is 0 Å². The lowest BCUT2D eigenvalue weighted by molar-refractivity contribution is 0.313. The molecule has 2 aromatic carbocycles. The molecule has 0 aliphatic carbocycles. The highest BCUT2D eigenvalue weighted by molar-refractivity contribution is 7.90. The van der Waals surface area contributed by atoms with Gasteiger partial charge in [-0.15, -0.1) is 0 Å².